The number of aliphatic hydroxyl groups is 1. The predicted molar refractivity (Wildman–Crippen MR) is 87.6 cm³/mol. The maximum Gasteiger partial charge on any atom is 0.243 e. The van der Waals surface area contributed by atoms with Gasteiger partial charge in [0.15, 0.2) is 0 Å². The second-order valence-corrected chi connectivity index (χ2v) is 5.38. The molecule has 3 rings (SSSR count). The summed E-state index contributed by atoms with van der Waals surface area (Å²) >= 11 is 0. The number of benzene rings is 2. The van der Waals surface area contributed by atoms with Crippen LogP contribution >= 0.6 is 0 Å². The van der Waals surface area contributed by atoms with Crippen LogP contribution in [0.3, 0.4) is 0 Å². The summed E-state index contributed by atoms with van der Waals surface area (Å²) in [6.07, 6.45) is -0.923. The third-order valence-corrected chi connectivity index (χ3v) is 3.52. The Labute approximate surface area is 143 Å². The van der Waals surface area contributed by atoms with Gasteiger partial charge in [0, 0.05) is 12.1 Å². The van der Waals surface area contributed by atoms with Gasteiger partial charge in [0.05, 0.1) is 6.10 Å². The number of hydrogen-bond donors (Lipinski definition) is 2. The Hall–Kier alpha value is -3.13. The van der Waals surface area contributed by atoms with E-state index in [1.54, 1.807) is 0 Å². The second kappa shape index (κ2) is 7.63. The molecule has 0 spiro atoms. The fourth-order valence-electron chi connectivity index (χ4n) is 2.21. The van der Waals surface area contributed by atoms with Crippen LogP contribution in [0.4, 0.5) is 4.39 Å². The van der Waals surface area contributed by atoms with Crippen molar-refractivity contribution in [2.24, 2.45) is 0 Å². The van der Waals surface area contributed by atoms with Crippen molar-refractivity contribution < 1.29 is 14.3 Å². The molecule has 1 amide bonds. The fourth-order valence-corrected chi connectivity index (χ4v) is 2.21. The summed E-state index contributed by atoms with van der Waals surface area (Å²) in [7, 11) is 0. The minimum absolute atomic E-state index is 0.00467. The molecule has 0 aliphatic heterocycles. The molecule has 3 aromatic rings. The summed E-state index contributed by atoms with van der Waals surface area (Å²) < 4.78 is 12.9. The molecule has 0 aliphatic rings. The Morgan fingerprint density at radius 3 is 2.60 bits per heavy atom. The molecule has 8 heteroatoms. The Bertz CT molecular complexity index is 836. The number of hydrogen-bond acceptors (Lipinski definition) is 5. The third-order valence-electron chi connectivity index (χ3n) is 3.52. The van der Waals surface area contributed by atoms with Crippen LogP contribution < -0.4 is 5.32 Å². The minimum Gasteiger partial charge on any atom is -0.387 e. The van der Waals surface area contributed by atoms with Gasteiger partial charge in [-0.25, -0.2) is 4.39 Å². The molecule has 1 atom stereocenters. The first kappa shape index (κ1) is 16.7. The smallest absolute Gasteiger partial charge is 0.243 e. The molecule has 128 valence electrons. The SMILES string of the molecule is O=C(Cn1nnc(-c2ccccc2)n1)NCC(O)c1ccc(F)cc1. The van der Waals surface area contributed by atoms with Gasteiger partial charge in [0.25, 0.3) is 0 Å². The summed E-state index contributed by atoms with van der Waals surface area (Å²) in [5, 5.41) is 24.5. The minimum atomic E-state index is -0.923. The standard InChI is InChI=1S/C17H16FN5O2/c18-14-8-6-12(7-9-14)15(24)10-19-16(25)11-23-21-17(20-22-23)13-4-2-1-3-5-13/h1-9,15,24H,10-11H2,(H,19,25). The lowest BCUT2D eigenvalue weighted by molar-refractivity contribution is -0.122. The Balaban J connectivity index is 1.53. The molecule has 7 nitrogen and oxygen atoms in total. The van der Waals surface area contributed by atoms with Gasteiger partial charge in [-0.1, -0.05) is 42.5 Å². The van der Waals surface area contributed by atoms with E-state index in [4.69, 9.17) is 0 Å². The Kier molecular flexibility index (Phi) is 5.10. The Morgan fingerprint density at radius 2 is 1.88 bits per heavy atom. The van der Waals surface area contributed by atoms with Crippen LogP contribution in [0.25, 0.3) is 11.4 Å². The van der Waals surface area contributed by atoms with Gasteiger partial charge in [-0.2, -0.15) is 4.80 Å². The fraction of sp³-hybridized carbons (Fsp3) is 0.176. The van der Waals surface area contributed by atoms with Gasteiger partial charge in [-0.05, 0) is 22.9 Å². The molecule has 0 radical (unpaired) electrons. The zero-order valence-corrected chi connectivity index (χ0v) is 13.2. The van der Waals surface area contributed by atoms with E-state index in [2.05, 4.69) is 20.7 Å². The number of carbonyl (C=O) groups excluding carboxylic acids is 1. The van der Waals surface area contributed by atoms with Gasteiger partial charge >= 0.3 is 0 Å². The van der Waals surface area contributed by atoms with Crippen LogP contribution in [-0.4, -0.2) is 37.8 Å². The number of nitrogens with zero attached hydrogens (tertiary/aromatic N) is 4. The first-order valence-electron chi connectivity index (χ1n) is 7.65. The normalized spacial score (nSPS) is 11.9. The van der Waals surface area contributed by atoms with Crippen molar-refractivity contribution in [3.8, 4) is 11.4 Å². The zero-order valence-electron chi connectivity index (χ0n) is 13.2. The molecule has 1 heterocycles. The van der Waals surface area contributed by atoms with Crippen LogP contribution in [0.2, 0.25) is 0 Å². The lowest BCUT2D eigenvalue weighted by Crippen LogP contribution is -2.32. The van der Waals surface area contributed by atoms with Crippen molar-refractivity contribution >= 4 is 5.91 Å². The van der Waals surface area contributed by atoms with E-state index < -0.39 is 6.10 Å². The van der Waals surface area contributed by atoms with Gasteiger partial charge in [0.2, 0.25) is 11.7 Å². The van der Waals surface area contributed by atoms with Crippen molar-refractivity contribution in [3.63, 3.8) is 0 Å². The van der Waals surface area contributed by atoms with Gasteiger partial charge < -0.3 is 10.4 Å². The van der Waals surface area contributed by atoms with Crippen LogP contribution in [0.15, 0.2) is 54.6 Å². The van der Waals surface area contributed by atoms with E-state index in [-0.39, 0.29) is 24.8 Å². The van der Waals surface area contributed by atoms with Crippen molar-refractivity contribution in [2.45, 2.75) is 12.6 Å². The molecule has 0 saturated carbocycles. The highest BCUT2D eigenvalue weighted by atomic mass is 19.1. The van der Waals surface area contributed by atoms with E-state index in [0.717, 1.165) is 5.56 Å². The summed E-state index contributed by atoms with van der Waals surface area (Å²) in [6, 6.07) is 14.7. The van der Waals surface area contributed by atoms with E-state index in [1.807, 2.05) is 30.3 Å². The number of aromatic nitrogens is 4. The molecule has 25 heavy (non-hydrogen) atoms. The van der Waals surface area contributed by atoms with Gasteiger partial charge in [-0.15, -0.1) is 10.2 Å². The number of halogens is 1. The number of amides is 1. The molecule has 0 aliphatic carbocycles. The molecule has 0 saturated heterocycles. The summed E-state index contributed by atoms with van der Waals surface area (Å²) in [6.45, 7) is -0.110. The molecule has 2 aromatic carbocycles. The largest absolute Gasteiger partial charge is 0.387 e. The van der Waals surface area contributed by atoms with Crippen LogP contribution in [-0.2, 0) is 11.3 Å². The molecular formula is C17H16FN5O2. The first-order chi connectivity index (χ1) is 12.1. The topological polar surface area (TPSA) is 92.9 Å². The van der Waals surface area contributed by atoms with E-state index >= 15 is 0 Å². The number of carbonyl (C=O) groups is 1. The van der Waals surface area contributed by atoms with E-state index in [0.29, 0.717) is 11.4 Å². The van der Waals surface area contributed by atoms with Gasteiger partial charge in [-0.3, -0.25) is 4.79 Å². The highest BCUT2D eigenvalue weighted by molar-refractivity contribution is 5.75. The molecule has 1 unspecified atom stereocenters. The molecule has 0 fully saturated rings. The van der Waals surface area contributed by atoms with Crippen molar-refractivity contribution in [1.29, 1.82) is 0 Å². The zero-order chi connectivity index (χ0) is 17.6. The Morgan fingerprint density at radius 1 is 1.16 bits per heavy atom. The average molecular weight is 341 g/mol. The highest BCUT2D eigenvalue weighted by Crippen LogP contribution is 2.13. The molecule has 0 bridgehead atoms. The molecule has 2 N–H and O–H groups in total. The van der Waals surface area contributed by atoms with Crippen molar-refractivity contribution in [1.82, 2.24) is 25.5 Å². The van der Waals surface area contributed by atoms with Crippen LogP contribution in [0.1, 0.15) is 11.7 Å². The number of nitrogens with one attached hydrogen (secondary N) is 1. The number of aliphatic hydroxyl groups excluding tert-OH is 1. The molecule has 1 aromatic heterocycles. The average Bonchev–Trinajstić information content (AvgIpc) is 3.09. The van der Waals surface area contributed by atoms with E-state index in [9.17, 15) is 14.3 Å². The van der Waals surface area contributed by atoms with Crippen molar-refractivity contribution in [2.75, 3.05) is 6.54 Å². The van der Waals surface area contributed by atoms with Crippen LogP contribution in [0.5, 0.6) is 0 Å². The molecular weight excluding hydrogens is 325 g/mol. The van der Waals surface area contributed by atoms with Crippen LogP contribution in [0, 0.1) is 5.82 Å². The summed E-state index contributed by atoms with van der Waals surface area (Å²) in [4.78, 5) is 13.1. The van der Waals surface area contributed by atoms with Gasteiger partial charge in [0.1, 0.15) is 12.4 Å². The number of rotatable bonds is 6. The number of tetrazole rings is 1. The maximum absolute atomic E-state index is 12.9. The monoisotopic (exact) mass is 341 g/mol. The highest BCUT2D eigenvalue weighted by Gasteiger charge is 2.12. The maximum atomic E-state index is 12.9. The predicted octanol–water partition coefficient (Wildman–Crippen LogP) is 1.33. The quantitative estimate of drug-likeness (QED) is 0.705. The summed E-state index contributed by atoms with van der Waals surface area (Å²) in [5.74, 6) is -0.315. The van der Waals surface area contributed by atoms with E-state index in [1.165, 1.54) is 29.1 Å². The second-order valence-electron chi connectivity index (χ2n) is 5.38. The lowest BCUT2D eigenvalue weighted by Gasteiger charge is -2.12. The third kappa shape index (κ3) is 4.45. The first-order valence-corrected chi connectivity index (χ1v) is 7.65. The van der Waals surface area contributed by atoms with Crippen molar-refractivity contribution in [3.05, 3.63) is 66.0 Å². The lowest BCUT2D eigenvalue weighted by atomic mass is 10.1. The summed E-state index contributed by atoms with van der Waals surface area (Å²) in [5.41, 5.74) is 1.33.